The fraction of sp³-hybridized carbons (Fsp3) is 0.125. The Morgan fingerprint density at radius 2 is 1.96 bits per heavy atom. The number of benzene rings is 2. The topological polar surface area (TPSA) is 128 Å². The molecule has 1 amide bonds. The van der Waals surface area contributed by atoms with Gasteiger partial charge in [0.05, 0.1) is 11.5 Å². The molecule has 27 heavy (non-hydrogen) atoms. The summed E-state index contributed by atoms with van der Waals surface area (Å²) >= 11 is 1.44. The van der Waals surface area contributed by atoms with Gasteiger partial charge in [-0.25, -0.2) is 0 Å². The molecule has 0 aliphatic carbocycles. The van der Waals surface area contributed by atoms with Crippen molar-refractivity contribution in [3.05, 3.63) is 64.2 Å². The normalized spacial score (nSPS) is 13.7. The lowest BCUT2D eigenvalue weighted by Gasteiger charge is -2.08. The van der Waals surface area contributed by atoms with Crippen molar-refractivity contribution in [1.82, 2.24) is 5.32 Å². The smallest absolute Gasteiger partial charge is 0.339 e. The van der Waals surface area contributed by atoms with Gasteiger partial charge in [0.1, 0.15) is 10.6 Å². The number of nitrogens with one attached hydrogen (secondary N) is 1. The molecule has 0 saturated carbocycles. The monoisotopic (exact) mass is 407 g/mol. The number of rotatable bonds is 5. The lowest BCUT2D eigenvalue weighted by molar-refractivity contribution is -0.385. The first-order valence-corrected chi connectivity index (χ1v) is 10.0. The lowest BCUT2D eigenvalue weighted by Crippen LogP contribution is -2.27. The van der Waals surface area contributed by atoms with Gasteiger partial charge in [-0.05, 0) is 30.3 Å². The first-order chi connectivity index (χ1) is 12.8. The third-order valence-corrected chi connectivity index (χ3v) is 5.58. The van der Waals surface area contributed by atoms with Crippen molar-refractivity contribution in [2.45, 2.75) is 4.90 Å². The zero-order valence-electron chi connectivity index (χ0n) is 13.7. The zero-order chi connectivity index (χ0) is 19.4. The summed E-state index contributed by atoms with van der Waals surface area (Å²) in [5, 5.41) is 14.0. The number of amidine groups is 1. The second kappa shape index (κ2) is 7.76. The van der Waals surface area contributed by atoms with Crippen molar-refractivity contribution in [3.63, 3.8) is 0 Å². The van der Waals surface area contributed by atoms with Crippen LogP contribution in [0.5, 0.6) is 5.75 Å². The van der Waals surface area contributed by atoms with Crippen LogP contribution < -0.4 is 9.50 Å². The molecular formula is C16H13N3O6S2. The van der Waals surface area contributed by atoms with Crippen LogP contribution in [0.1, 0.15) is 10.4 Å². The second-order valence-corrected chi connectivity index (χ2v) is 7.94. The van der Waals surface area contributed by atoms with Gasteiger partial charge in [0.2, 0.25) is 0 Å². The van der Waals surface area contributed by atoms with Crippen LogP contribution in [0.3, 0.4) is 0 Å². The van der Waals surface area contributed by atoms with Crippen molar-refractivity contribution in [3.8, 4) is 5.75 Å². The third-order valence-electron chi connectivity index (χ3n) is 3.45. The standard InChI is InChI=1S/C16H13N3O6S2/c20-15(18-16-17-8-9-26-16)11-4-6-13(7-5-11)25-27(23,24)14-3-1-2-12(10-14)19(21)22/h1-7,10H,8-9H2,(H,17,18,20). The van der Waals surface area contributed by atoms with Gasteiger partial charge >= 0.3 is 10.1 Å². The molecule has 1 N–H and O–H groups in total. The number of nitrogens with zero attached hydrogens (tertiary/aromatic N) is 2. The molecule has 0 fully saturated rings. The number of amides is 1. The summed E-state index contributed by atoms with van der Waals surface area (Å²) in [7, 11) is -4.25. The molecule has 2 aromatic carbocycles. The van der Waals surface area contributed by atoms with Gasteiger partial charge < -0.3 is 9.50 Å². The van der Waals surface area contributed by atoms with E-state index in [2.05, 4.69) is 10.3 Å². The van der Waals surface area contributed by atoms with E-state index in [4.69, 9.17) is 4.18 Å². The van der Waals surface area contributed by atoms with Gasteiger partial charge in [-0.2, -0.15) is 8.42 Å². The number of aliphatic imine (C=N–C) groups is 1. The van der Waals surface area contributed by atoms with E-state index >= 15 is 0 Å². The number of hydrogen-bond donors (Lipinski definition) is 1. The first-order valence-electron chi connectivity index (χ1n) is 7.63. The zero-order valence-corrected chi connectivity index (χ0v) is 15.3. The van der Waals surface area contributed by atoms with Crippen LogP contribution in [0.4, 0.5) is 5.69 Å². The van der Waals surface area contributed by atoms with E-state index in [1.54, 1.807) is 0 Å². The number of hydrogen-bond acceptors (Lipinski definition) is 8. The highest BCUT2D eigenvalue weighted by Crippen LogP contribution is 2.22. The minimum atomic E-state index is -4.25. The molecule has 11 heteroatoms. The summed E-state index contributed by atoms with van der Waals surface area (Å²) in [6, 6.07) is 10.0. The van der Waals surface area contributed by atoms with E-state index in [1.807, 2.05) is 0 Å². The maximum Gasteiger partial charge on any atom is 0.339 e. The maximum absolute atomic E-state index is 12.3. The summed E-state index contributed by atoms with van der Waals surface area (Å²) in [5.41, 5.74) is -0.0512. The summed E-state index contributed by atoms with van der Waals surface area (Å²) in [6.07, 6.45) is 0. The number of thioether (sulfide) groups is 1. The number of non-ortho nitro benzene ring substituents is 1. The highest BCUT2D eigenvalue weighted by Gasteiger charge is 2.20. The minimum Gasteiger partial charge on any atom is -0.379 e. The maximum atomic E-state index is 12.3. The molecule has 0 atom stereocenters. The lowest BCUT2D eigenvalue weighted by atomic mass is 10.2. The van der Waals surface area contributed by atoms with Gasteiger partial charge in [-0.15, -0.1) is 0 Å². The SMILES string of the molecule is O=C(NC1=NCCS1)c1ccc(OS(=O)(=O)c2cccc([N+](=O)[O-])c2)cc1. The predicted octanol–water partition coefficient (Wildman–Crippen LogP) is 2.20. The van der Waals surface area contributed by atoms with Crippen molar-refractivity contribution >= 4 is 38.6 Å². The Hall–Kier alpha value is -2.92. The first kappa shape index (κ1) is 18.9. The Morgan fingerprint density at radius 1 is 1.22 bits per heavy atom. The van der Waals surface area contributed by atoms with E-state index in [9.17, 15) is 23.3 Å². The van der Waals surface area contributed by atoms with Crippen LogP contribution in [-0.4, -0.2) is 36.7 Å². The molecule has 0 radical (unpaired) electrons. The molecule has 1 aliphatic heterocycles. The number of carbonyl (C=O) groups excluding carboxylic acids is 1. The Labute approximate surface area is 158 Å². The Bertz CT molecular complexity index is 1020. The summed E-state index contributed by atoms with van der Waals surface area (Å²) < 4.78 is 29.5. The number of nitro benzene ring substituents is 1. The molecule has 0 bridgehead atoms. The average molecular weight is 407 g/mol. The van der Waals surface area contributed by atoms with Gasteiger partial charge in [-0.3, -0.25) is 19.9 Å². The van der Waals surface area contributed by atoms with Crippen LogP contribution in [0.25, 0.3) is 0 Å². The van der Waals surface area contributed by atoms with Crippen LogP contribution in [0.15, 0.2) is 58.4 Å². The van der Waals surface area contributed by atoms with Crippen molar-refractivity contribution in [2.75, 3.05) is 12.3 Å². The molecule has 2 aromatic rings. The average Bonchev–Trinajstić information content (AvgIpc) is 3.15. The highest BCUT2D eigenvalue weighted by atomic mass is 32.2. The summed E-state index contributed by atoms with van der Waals surface area (Å²) in [6.45, 7) is 0.655. The summed E-state index contributed by atoms with van der Waals surface area (Å²) in [5.74, 6) is 0.430. The molecule has 0 spiro atoms. The van der Waals surface area contributed by atoms with Crippen molar-refractivity contribution in [1.29, 1.82) is 0 Å². The van der Waals surface area contributed by atoms with E-state index in [-0.39, 0.29) is 22.2 Å². The highest BCUT2D eigenvalue weighted by molar-refractivity contribution is 8.14. The van der Waals surface area contributed by atoms with E-state index < -0.39 is 15.0 Å². The van der Waals surface area contributed by atoms with E-state index in [0.717, 1.165) is 11.8 Å². The Kier molecular flexibility index (Phi) is 5.42. The third kappa shape index (κ3) is 4.63. The van der Waals surface area contributed by atoms with Gasteiger partial charge in [0, 0.05) is 23.4 Å². The van der Waals surface area contributed by atoms with Crippen LogP contribution in [0, 0.1) is 10.1 Å². The van der Waals surface area contributed by atoms with Gasteiger partial charge in [0.15, 0.2) is 5.17 Å². The molecule has 0 saturated heterocycles. The summed E-state index contributed by atoms with van der Waals surface area (Å²) in [4.78, 5) is 26.0. The second-order valence-electron chi connectivity index (χ2n) is 5.31. The van der Waals surface area contributed by atoms with Crippen LogP contribution in [-0.2, 0) is 10.1 Å². The molecule has 1 aliphatic rings. The van der Waals surface area contributed by atoms with Crippen molar-refractivity contribution < 1.29 is 22.3 Å². The molecule has 1 heterocycles. The molecule has 0 unspecified atom stereocenters. The molecule has 140 valence electrons. The number of carbonyl (C=O) groups is 1. The Morgan fingerprint density at radius 3 is 2.59 bits per heavy atom. The molecule has 3 rings (SSSR count). The largest absolute Gasteiger partial charge is 0.379 e. The van der Waals surface area contributed by atoms with Crippen LogP contribution in [0.2, 0.25) is 0 Å². The quantitative estimate of drug-likeness (QED) is 0.457. The van der Waals surface area contributed by atoms with Gasteiger partial charge in [0.25, 0.3) is 11.6 Å². The fourth-order valence-corrected chi connectivity index (χ4v) is 3.86. The molecule has 9 nitrogen and oxygen atoms in total. The van der Waals surface area contributed by atoms with E-state index in [1.165, 1.54) is 54.2 Å². The molecule has 0 aromatic heterocycles. The van der Waals surface area contributed by atoms with Crippen molar-refractivity contribution in [2.24, 2.45) is 4.99 Å². The minimum absolute atomic E-state index is 0.0226. The van der Waals surface area contributed by atoms with Gasteiger partial charge in [-0.1, -0.05) is 17.8 Å². The van der Waals surface area contributed by atoms with E-state index in [0.29, 0.717) is 17.3 Å². The van der Waals surface area contributed by atoms with Crippen LogP contribution >= 0.6 is 11.8 Å². The predicted molar refractivity (Wildman–Crippen MR) is 99.6 cm³/mol. The number of nitro groups is 1. The fourth-order valence-electron chi connectivity index (χ4n) is 2.17. The Balaban J connectivity index is 1.72. The molecular weight excluding hydrogens is 394 g/mol.